The van der Waals surface area contributed by atoms with Crippen molar-refractivity contribution in [3.8, 4) is 0 Å². The Morgan fingerprint density at radius 3 is 2.60 bits per heavy atom. The topological polar surface area (TPSA) is 45.5 Å². The van der Waals surface area contributed by atoms with E-state index in [9.17, 15) is 4.79 Å². The second kappa shape index (κ2) is 6.57. The summed E-state index contributed by atoms with van der Waals surface area (Å²) >= 11 is 0. The van der Waals surface area contributed by atoms with Crippen LogP contribution in [0, 0.1) is 6.92 Å². The molecule has 1 N–H and O–H groups in total. The summed E-state index contributed by atoms with van der Waals surface area (Å²) < 4.78 is 5.65. The monoisotopic (exact) mass is 274 g/mol. The molecule has 0 aliphatic carbocycles. The predicted molar refractivity (Wildman–Crippen MR) is 81.1 cm³/mol. The van der Waals surface area contributed by atoms with Gasteiger partial charge in [-0.3, -0.25) is 4.79 Å². The molecular formula is C16H22N2O2. The highest BCUT2D eigenvalue weighted by atomic mass is 16.3. The van der Waals surface area contributed by atoms with Crippen molar-refractivity contribution in [3.63, 3.8) is 0 Å². The lowest BCUT2D eigenvalue weighted by atomic mass is 10.1. The molecule has 0 fully saturated rings. The molecule has 1 heterocycles. The van der Waals surface area contributed by atoms with Crippen molar-refractivity contribution >= 4 is 16.9 Å². The highest BCUT2D eigenvalue weighted by Crippen LogP contribution is 2.24. The van der Waals surface area contributed by atoms with Crippen molar-refractivity contribution in [2.45, 2.75) is 20.8 Å². The van der Waals surface area contributed by atoms with E-state index in [0.29, 0.717) is 12.3 Å². The van der Waals surface area contributed by atoms with Crippen molar-refractivity contribution in [2.24, 2.45) is 0 Å². The Labute approximate surface area is 119 Å². The number of aryl methyl sites for hydroxylation is 1. The summed E-state index contributed by atoms with van der Waals surface area (Å²) in [6.07, 6.45) is 0. The fraction of sp³-hybridized carbons (Fsp3) is 0.438. The molecule has 0 aliphatic rings. The van der Waals surface area contributed by atoms with Crippen LogP contribution in [-0.4, -0.2) is 37.0 Å². The Kier molecular flexibility index (Phi) is 4.79. The van der Waals surface area contributed by atoms with Crippen LogP contribution in [0.4, 0.5) is 0 Å². The van der Waals surface area contributed by atoms with Gasteiger partial charge in [-0.05, 0) is 26.1 Å². The van der Waals surface area contributed by atoms with Gasteiger partial charge in [0.1, 0.15) is 5.58 Å². The average molecular weight is 274 g/mol. The van der Waals surface area contributed by atoms with Crippen LogP contribution < -0.4 is 5.32 Å². The molecule has 0 spiro atoms. The second-order valence-corrected chi connectivity index (χ2v) is 4.84. The number of fused-ring (bicyclic) bond motifs is 1. The van der Waals surface area contributed by atoms with Crippen molar-refractivity contribution in [3.05, 3.63) is 35.6 Å². The zero-order chi connectivity index (χ0) is 14.5. The summed E-state index contributed by atoms with van der Waals surface area (Å²) in [4.78, 5) is 14.4. The first-order valence-corrected chi connectivity index (χ1v) is 7.16. The summed E-state index contributed by atoms with van der Waals surface area (Å²) in [6.45, 7) is 9.65. The first-order valence-electron chi connectivity index (χ1n) is 7.16. The maximum atomic E-state index is 12.2. The van der Waals surface area contributed by atoms with Gasteiger partial charge in [0.05, 0.1) is 0 Å². The molecule has 1 amide bonds. The molecule has 20 heavy (non-hydrogen) atoms. The number of nitrogens with zero attached hydrogens (tertiary/aromatic N) is 1. The molecule has 108 valence electrons. The van der Waals surface area contributed by atoms with Gasteiger partial charge in [0.15, 0.2) is 5.76 Å². The van der Waals surface area contributed by atoms with Gasteiger partial charge in [-0.15, -0.1) is 0 Å². The second-order valence-electron chi connectivity index (χ2n) is 4.84. The number of rotatable bonds is 6. The molecule has 0 saturated heterocycles. The Balaban J connectivity index is 2.03. The smallest absolute Gasteiger partial charge is 0.287 e. The maximum Gasteiger partial charge on any atom is 0.287 e. The van der Waals surface area contributed by atoms with Gasteiger partial charge < -0.3 is 14.6 Å². The highest BCUT2D eigenvalue weighted by Gasteiger charge is 2.16. The summed E-state index contributed by atoms with van der Waals surface area (Å²) in [5.41, 5.74) is 1.67. The van der Waals surface area contributed by atoms with Gasteiger partial charge in [0, 0.05) is 24.0 Å². The maximum absolute atomic E-state index is 12.2. The van der Waals surface area contributed by atoms with Crippen LogP contribution in [0.25, 0.3) is 11.0 Å². The number of likely N-dealkylation sites (N-methyl/N-ethyl adjacent to an activating group) is 1. The van der Waals surface area contributed by atoms with E-state index in [4.69, 9.17) is 4.42 Å². The Morgan fingerprint density at radius 1 is 1.25 bits per heavy atom. The first kappa shape index (κ1) is 14.6. The van der Waals surface area contributed by atoms with Crippen LogP contribution in [0.2, 0.25) is 0 Å². The minimum atomic E-state index is -0.133. The lowest BCUT2D eigenvalue weighted by molar-refractivity contribution is 0.0922. The van der Waals surface area contributed by atoms with Gasteiger partial charge in [-0.1, -0.05) is 32.0 Å². The zero-order valence-corrected chi connectivity index (χ0v) is 12.4. The zero-order valence-electron chi connectivity index (χ0n) is 12.4. The van der Waals surface area contributed by atoms with Crippen LogP contribution in [0.5, 0.6) is 0 Å². The first-order chi connectivity index (χ1) is 9.67. The Bertz CT molecular complexity index is 585. The van der Waals surface area contributed by atoms with Gasteiger partial charge >= 0.3 is 0 Å². The van der Waals surface area contributed by atoms with Crippen molar-refractivity contribution < 1.29 is 9.21 Å². The Hall–Kier alpha value is -1.81. The number of amides is 1. The molecule has 0 atom stereocenters. The fourth-order valence-electron chi connectivity index (χ4n) is 2.34. The van der Waals surface area contributed by atoms with Crippen LogP contribution in [-0.2, 0) is 0 Å². The molecular weight excluding hydrogens is 252 g/mol. The van der Waals surface area contributed by atoms with E-state index in [1.54, 1.807) is 0 Å². The lowest BCUT2D eigenvalue weighted by Crippen LogP contribution is -2.34. The summed E-state index contributed by atoms with van der Waals surface area (Å²) in [6, 6.07) is 7.72. The predicted octanol–water partition coefficient (Wildman–Crippen LogP) is 2.81. The van der Waals surface area contributed by atoms with Gasteiger partial charge in [0.25, 0.3) is 5.91 Å². The summed E-state index contributed by atoms with van der Waals surface area (Å²) in [5.74, 6) is 0.289. The minimum absolute atomic E-state index is 0.133. The molecule has 2 rings (SSSR count). The molecule has 1 aromatic carbocycles. The van der Waals surface area contributed by atoms with Gasteiger partial charge in [-0.2, -0.15) is 0 Å². The lowest BCUT2D eigenvalue weighted by Gasteiger charge is -2.17. The third-order valence-corrected chi connectivity index (χ3v) is 3.66. The van der Waals surface area contributed by atoms with E-state index >= 15 is 0 Å². The Morgan fingerprint density at radius 2 is 1.95 bits per heavy atom. The number of furan rings is 1. The quantitative estimate of drug-likeness (QED) is 0.881. The SMILES string of the molecule is CCN(CC)CCNC(=O)c1oc2ccccc2c1C. The molecule has 4 nitrogen and oxygen atoms in total. The molecule has 0 unspecified atom stereocenters. The number of carbonyl (C=O) groups is 1. The number of hydrogen-bond donors (Lipinski definition) is 1. The van der Waals surface area contributed by atoms with Crippen LogP contribution in [0.3, 0.4) is 0 Å². The standard InChI is InChI=1S/C16H22N2O2/c1-4-18(5-2)11-10-17-16(19)15-12(3)13-8-6-7-9-14(13)20-15/h6-9H,4-5,10-11H2,1-3H3,(H,17,19). The number of benzene rings is 1. The van der Waals surface area contributed by atoms with E-state index in [0.717, 1.165) is 36.2 Å². The van der Waals surface area contributed by atoms with Gasteiger partial charge in [-0.25, -0.2) is 0 Å². The third kappa shape index (κ3) is 3.02. The van der Waals surface area contributed by atoms with E-state index in [1.807, 2.05) is 31.2 Å². The largest absolute Gasteiger partial charge is 0.451 e. The average Bonchev–Trinajstić information content (AvgIpc) is 2.81. The van der Waals surface area contributed by atoms with E-state index in [-0.39, 0.29) is 5.91 Å². The number of para-hydroxylation sites is 1. The van der Waals surface area contributed by atoms with Crippen molar-refractivity contribution in [1.29, 1.82) is 0 Å². The van der Waals surface area contributed by atoms with E-state index < -0.39 is 0 Å². The molecule has 0 bridgehead atoms. The van der Waals surface area contributed by atoms with Crippen LogP contribution in [0.1, 0.15) is 30.0 Å². The molecule has 0 saturated carbocycles. The number of carbonyl (C=O) groups excluding carboxylic acids is 1. The normalized spacial score (nSPS) is 11.2. The van der Waals surface area contributed by atoms with Gasteiger partial charge in [0.2, 0.25) is 0 Å². The molecule has 0 radical (unpaired) electrons. The highest BCUT2D eigenvalue weighted by molar-refractivity contribution is 5.98. The van der Waals surface area contributed by atoms with Crippen molar-refractivity contribution in [2.75, 3.05) is 26.2 Å². The van der Waals surface area contributed by atoms with Crippen LogP contribution >= 0.6 is 0 Å². The molecule has 2 aromatic rings. The van der Waals surface area contributed by atoms with E-state index in [2.05, 4.69) is 24.1 Å². The van der Waals surface area contributed by atoms with Crippen molar-refractivity contribution in [1.82, 2.24) is 10.2 Å². The summed E-state index contributed by atoms with van der Waals surface area (Å²) in [7, 11) is 0. The summed E-state index contributed by atoms with van der Waals surface area (Å²) in [5, 5.41) is 3.93. The molecule has 0 aliphatic heterocycles. The number of hydrogen-bond acceptors (Lipinski definition) is 3. The molecule has 4 heteroatoms. The molecule has 1 aromatic heterocycles. The van der Waals surface area contributed by atoms with E-state index in [1.165, 1.54) is 0 Å². The minimum Gasteiger partial charge on any atom is -0.451 e. The third-order valence-electron chi connectivity index (χ3n) is 3.66. The fourth-order valence-corrected chi connectivity index (χ4v) is 2.34. The number of nitrogens with one attached hydrogen (secondary N) is 1. The van der Waals surface area contributed by atoms with Crippen LogP contribution in [0.15, 0.2) is 28.7 Å².